The molecule has 1 aromatic heterocycles. The molecule has 4 nitrogen and oxygen atoms in total. The highest BCUT2D eigenvalue weighted by molar-refractivity contribution is 5.43. The second-order valence-corrected chi connectivity index (χ2v) is 1.56. The molecule has 0 amide bonds. The molecule has 0 spiro atoms. The zero-order valence-electron chi connectivity index (χ0n) is 4.94. The quantitative estimate of drug-likeness (QED) is 0.522. The van der Waals surface area contributed by atoms with Gasteiger partial charge in [-0.1, -0.05) is 0 Å². The predicted molar refractivity (Wildman–Crippen MR) is 29.9 cm³/mol. The maximum atomic E-state index is 9.72. The van der Waals surface area contributed by atoms with E-state index in [-0.39, 0.29) is 0 Å². The number of carbonyl (C=O) groups excluding carboxylic acids is 1. The van der Waals surface area contributed by atoms with Gasteiger partial charge in [0.15, 0.2) is 5.75 Å². The molecule has 1 heterocycles. The lowest BCUT2D eigenvalue weighted by Gasteiger charge is -1.85. The van der Waals surface area contributed by atoms with Crippen LogP contribution in [-0.4, -0.2) is 16.3 Å². The Morgan fingerprint density at radius 2 is 2.67 bits per heavy atom. The number of carbonyl (C=O) groups is 1. The van der Waals surface area contributed by atoms with Crippen molar-refractivity contribution in [3.8, 4) is 5.75 Å². The summed E-state index contributed by atoms with van der Waals surface area (Å²) in [5.74, 6) is 0.465. The molecular formula is C5H6N2O2. The highest BCUT2D eigenvalue weighted by Gasteiger charge is 1.92. The van der Waals surface area contributed by atoms with Gasteiger partial charge in [-0.15, -0.1) is 0 Å². The third-order valence-corrected chi connectivity index (χ3v) is 0.865. The molecule has 0 saturated heterocycles. The van der Waals surface area contributed by atoms with Crippen molar-refractivity contribution in [2.24, 2.45) is 7.05 Å². The van der Waals surface area contributed by atoms with Gasteiger partial charge < -0.3 is 4.74 Å². The van der Waals surface area contributed by atoms with Crippen LogP contribution >= 0.6 is 0 Å². The SMILES string of the molecule is Cn1cc(OC=O)cn1. The van der Waals surface area contributed by atoms with Crippen molar-refractivity contribution in [1.82, 2.24) is 9.78 Å². The predicted octanol–water partition coefficient (Wildman–Crippen LogP) is -0.0447. The Bertz CT molecular complexity index is 206. The van der Waals surface area contributed by atoms with Gasteiger partial charge in [0.05, 0.1) is 12.4 Å². The van der Waals surface area contributed by atoms with Crippen LogP contribution in [-0.2, 0) is 11.8 Å². The van der Waals surface area contributed by atoms with E-state index in [2.05, 4.69) is 9.84 Å². The van der Waals surface area contributed by atoms with Gasteiger partial charge in [-0.3, -0.25) is 9.48 Å². The minimum absolute atomic E-state index is 0.372. The number of rotatable bonds is 2. The van der Waals surface area contributed by atoms with Crippen LogP contribution in [0.5, 0.6) is 5.75 Å². The Labute approximate surface area is 52.0 Å². The van der Waals surface area contributed by atoms with Crippen molar-refractivity contribution in [2.75, 3.05) is 0 Å². The van der Waals surface area contributed by atoms with Crippen molar-refractivity contribution in [3.63, 3.8) is 0 Å². The monoisotopic (exact) mass is 126 g/mol. The van der Waals surface area contributed by atoms with E-state index in [1.807, 2.05) is 0 Å². The topological polar surface area (TPSA) is 44.1 Å². The first kappa shape index (κ1) is 5.81. The minimum Gasteiger partial charge on any atom is -0.425 e. The molecule has 4 heteroatoms. The van der Waals surface area contributed by atoms with E-state index in [9.17, 15) is 4.79 Å². The maximum Gasteiger partial charge on any atom is 0.298 e. The van der Waals surface area contributed by atoms with Gasteiger partial charge in [0.2, 0.25) is 0 Å². The Hall–Kier alpha value is -1.32. The molecule has 0 aliphatic heterocycles. The average molecular weight is 126 g/mol. The standard InChI is InChI=1S/C5H6N2O2/c1-7-3-5(2-6-7)9-4-8/h2-4H,1H3. The number of hydrogen-bond acceptors (Lipinski definition) is 3. The first-order valence-corrected chi connectivity index (χ1v) is 2.42. The maximum absolute atomic E-state index is 9.72. The van der Waals surface area contributed by atoms with E-state index in [0.29, 0.717) is 12.2 Å². The van der Waals surface area contributed by atoms with E-state index in [0.717, 1.165) is 0 Å². The van der Waals surface area contributed by atoms with Gasteiger partial charge >= 0.3 is 0 Å². The molecule has 1 rings (SSSR count). The van der Waals surface area contributed by atoms with E-state index < -0.39 is 0 Å². The molecule has 0 bridgehead atoms. The van der Waals surface area contributed by atoms with Gasteiger partial charge in [-0.2, -0.15) is 5.10 Å². The normalized spacial score (nSPS) is 9.00. The Morgan fingerprint density at radius 1 is 1.89 bits per heavy atom. The third kappa shape index (κ3) is 1.28. The summed E-state index contributed by atoms with van der Waals surface area (Å²) in [4.78, 5) is 9.72. The van der Waals surface area contributed by atoms with E-state index in [1.54, 1.807) is 17.9 Å². The van der Waals surface area contributed by atoms with Crippen LogP contribution in [0.15, 0.2) is 12.4 Å². The Morgan fingerprint density at radius 3 is 3.11 bits per heavy atom. The summed E-state index contributed by atoms with van der Waals surface area (Å²) in [7, 11) is 1.75. The minimum atomic E-state index is 0.372. The lowest BCUT2D eigenvalue weighted by molar-refractivity contribution is -0.120. The van der Waals surface area contributed by atoms with Crippen LogP contribution in [0.2, 0.25) is 0 Å². The summed E-state index contributed by atoms with van der Waals surface area (Å²) >= 11 is 0. The fourth-order valence-electron chi connectivity index (χ4n) is 0.515. The molecule has 0 fully saturated rings. The first-order chi connectivity index (χ1) is 4.33. The van der Waals surface area contributed by atoms with Gasteiger partial charge in [-0.05, 0) is 0 Å². The molecule has 48 valence electrons. The second-order valence-electron chi connectivity index (χ2n) is 1.56. The lowest BCUT2D eigenvalue weighted by atomic mass is 10.7. The zero-order valence-corrected chi connectivity index (χ0v) is 4.94. The summed E-state index contributed by atoms with van der Waals surface area (Å²) in [5.41, 5.74) is 0. The molecule has 0 radical (unpaired) electrons. The number of aryl methyl sites for hydroxylation is 1. The van der Waals surface area contributed by atoms with Crippen molar-refractivity contribution in [3.05, 3.63) is 12.4 Å². The van der Waals surface area contributed by atoms with E-state index >= 15 is 0 Å². The molecule has 0 saturated carbocycles. The summed E-state index contributed by atoms with van der Waals surface area (Å²) < 4.78 is 6.02. The van der Waals surface area contributed by atoms with Crippen LogP contribution < -0.4 is 4.74 Å². The van der Waals surface area contributed by atoms with Gasteiger partial charge in [-0.25, -0.2) is 0 Å². The lowest BCUT2D eigenvalue weighted by Crippen LogP contribution is -1.86. The van der Waals surface area contributed by atoms with Crippen molar-refractivity contribution in [1.29, 1.82) is 0 Å². The number of hydrogen-bond donors (Lipinski definition) is 0. The van der Waals surface area contributed by atoms with Gasteiger partial charge in [0.1, 0.15) is 0 Å². The summed E-state index contributed by atoms with van der Waals surface area (Å²) in [6.45, 7) is 0.372. The second kappa shape index (κ2) is 2.30. The third-order valence-electron chi connectivity index (χ3n) is 0.865. The average Bonchev–Trinajstić information content (AvgIpc) is 2.17. The molecule has 0 aromatic carbocycles. The summed E-state index contributed by atoms with van der Waals surface area (Å²) in [6.07, 6.45) is 3.07. The summed E-state index contributed by atoms with van der Waals surface area (Å²) in [6, 6.07) is 0. The molecule has 1 aromatic rings. The molecule has 0 aliphatic rings. The fraction of sp³-hybridized carbons (Fsp3) is 0.200. The van der Waals surface area contributed by atoms with E-state index in [1.165, 1.54) is 6.20 Å². The first-order valence-electron chi connectivity index (χ1n) is 2.42. The van der Waals surface area contributed by atoms with Crippen molar-refractivity contribution in [2.45, 2.75) is 0 Å². The molecule has 0 N–H and O–H groups in total. The smallest absolute Gasteiger partial charge is 0.298 e. The Balaban J connectivity index is 2.72. The highest BCUT2D eigenvalue weighted by atomic mass is 16.5. The van der Waals surface area contributed by atoms with Crippen LogP contribution in [0, 0.1) is 0 Å². The molecule has 0 atom stereocenters. The summed E-state index contributed by atoms with van der Waals surface area (Å²) in [5, 5.41) is 3.77. The Kier molecular flexibility index (Phi) is 1.48. The largest absolute Gasteiger partial charge is 0.425 e. The number of ether oxygens (including phenoxy) is 1. The van der Waals surface area contributed by atoms with Gasteiger partial charge in [0, 0.05) is 7.05 Å². The van der Waals surface area contributed by atoms with Gasteiger partial charge in [0.25, 0.3) is 6.47 Å². The number of nitrogens with zero attached hydrogens (tertiary/aromatic N) is 2. The van der Waals surface area contributed by atoms with Crippen molar-refractivity contribution >= 4 is 6.47 Å². The molecular weight excluding hydrogens is 120 g/mol. The van der Waals surface area contributed by atoms with Crippen LogP contribution in [0.3, 0.4) is 0 Å². The fourth-order valence-corrected chi connectivity index (χ4v) is 0.515. The zero-order chi connectivity index (χ0) is 6.69. The molecule has 0 unspecified atom stereocenters. The van der Waals surface area contributed by atoms with Crippen molar-refractivity contribution < 1.29 is 9.53 Å². The van der Waals surface area contributed by atoms with Crippen LogP contribution in [0.1, 0.15) is 0 Å². The molecule has 0 aliphatic carbocycles. The number of aromatic nitrogens is 2. The van der Waals surface area contributed by atoms with Crippen LogP contribution in [0.25, 0.3) is 0 Å². The molecule has 9 heavy (non-hydrogen) atoms. The van der Waals surface area contributed by atoms with E-state index in [4.69, 9.17) is 0 Å². The highest BCUT2D eigenvalue weighted by Crippen LogP contribution is 2.04. The van der Waals surface area contributed by atoms with Crippen LogP contribution in [0.4, 0.5) is 0 Å².